The van der Waals surface area contributed by atoms with Crippen LogP contribution in [0.2, 0.25) is 0 Å². The second-order valence-electron chi connectivity index (χ2n) is 10.4. The summed E-state index contributed by atoms with van der Waals surface area (Å²) in [6.45, 7) is 3.79. The molecule has 2 aromatic heterocycles. The van der Waals surface area contributed by atoms with Crippen LogP contribution in [0.1, 0.15) is 63.3 Å². The van der Waals surface area contributed by atoms with Crippen LogP contribution in [-0.4, -0.2) is 43.1 Å². The monoisotopic (exact) mass is 557 g/mol. The molecule has 0 amide bonds. The lowest BCUT2D eigenvalue weighted by molar-refractivity contribution is -0.150. The van der Waals surface area contributed by atoms with Crippen molar-refractivity contribution in [3.63, 3.8) is 0 Å². The number of aliphatic hydroxyl groups is 1. The van der Waals surface area contributed by atoms with Crippen LogP contribution in [0.4, 0.5) is 11.4 Å². The number of H-pyrrole nitrogens is 1. The number of hydrogen-bond donors (Lipinski definition) is 5. The summed E-state index contributed by atoms with van der Waals surface area (Å²) in [6, 6.07) is 8.98. The van der Waals surface area contributed by atoms with Gasteiger partial charge in [-0.1, -0.05) is 6.07 Å². The summed E-state index contributed by atoms with van der Waals surface area (Å²) < 4.78 is 27.8. The minimum Gasteiger partial charge on any atom is -0.356 e. The number of anilines is 2. The maximum absolute atomic E-state index is 13.6. The first kappa shape index (κ1) is 27.0. The van der Waals surface area contributed by atoms with Gasteiger partial charge in [-0.25, -0.2) is 14.0 Å². The van der Waals surface area contributed by atoms with Gasteiger partial charge in [-0.2, -0.15) is 0 Å². The third-order valence-electron chi connectivity index (χ3n) is 7.02. The molecule has 0 saturated heterocycles. The number of pyridine rings is 1. The van der Waals surface area contributed by atoms with Gasteiger partial charge < -0.3 is 20.1 Å². The summed E-state index contributed by atoms with van der Waals surface area (Å²) in [5, 5.41) is 17.4. The second-order valence-corrected chi connectivity index (χ2v) is 13.8. The highest BCUT2D eigenvalue weighted by Crippen LogP contribution is 2.43. The first-order chi connectivity index (χ1) is 18.2. The van der Waals surface area contributed by atoms with Gasteiger partial charge in [0, 0.05) is 46.9 Å². The number of nitrogens with one attached hydrogen (secondary N) is 4. The van der Waals surface area contributed by atoms with E-state index in [1.807, 2.05) is 38.2 Å². The van der Waals surface area contributed by atoms with E-state index >= 15 is 0 Å². The Kier molecular flexibility index (Phi) is 8.01. The van der Waals surface area contributed by atoms with Gasteiger partial charge in [0.25, 0.3) is 0 Å². The third kappa shape index (κ3) is 6.35. The molecule has 0 radical (unpaired) electrons. The number of aromatic amines is 1. The predicted molar refractivity (Wildman–Crippen MR) is 150 cm³/mol. The van der Waals surface area contributed by atoms with E-state index in [1.54, 1.807) is 23.6 Å². The minimum absolute atomic E-state index is 0.0421. The number of thiazole rings is 1. The van der Waals surface area contributed by atoms with Crippen LogP contribution in [0.15, 0.2) is 52.4 Å². The molecule has 1 aromatic carbocycles. The third-order valence-corrected chi connectivity index (χ3v) is 10.6. The van der Waals surface area contributed by atoms with Crippen LogP contribution in [0.5, 0.6) is 0 Å². The molecule has 3 aromatic rings. The molecule has 2 atom stereocenters. The van der Waals surface area contributed by atoms with Crippen molar-refractivity contribution in [2.24, 2.45) is 0 Å². The topological polar surface area (TPSA) is 140 Å². The van der Waals surface area contributed by atoms with Crippen LogP contribution in [0, 0.1) is 4.78 Å². The summed E-state index contributed by atoms with van der Waals surface area (Å²) in [5.74, 6) is 0.336. The molecule has 11 heteroatoms. The number of benzene rings is 1. The first-order valence-electron chi connectivity index (χ1n) is 13.1. The van der Waals surface area contributed by atoms with E-state index < -0.39 is 16.1 Å². The molecule has 2 fully saturated rings. The number of aromatic nitrogens is 2. The van der Waals surface area contributed by atoms with Gasteiger partial charge in [-0.15, -0.1) is 11.3 Å². The van der Waals surface area contributed by atoms with Crippen LogP contribution >= 0.6 is 11.3 Å². The van der Waals surface area contributed by atoms with Crippen molar-refractivity contribution in [1.29, 1.82) is 4.78 Å². The molecule has 2 heterocycles. The lowest BCUT2D eigenvalue weighted by Gasteiger charge is -2.30. The van der Waals surface area contributed by atoms with E-state index in [1.165, 1.54) is 6.07 Å². The largest absolute Gasteiger partial charge is 0.356 e. The van der Waals surface area contributed by atoms with Gasteiger partial charge in [0.05, 0.1) is 36.3 Å². The number of rotatable bonds is 10. The normalized spacial score (nSPS) is 22.2. The van der Waals surface area contributed by atoms with E-state index in [0.717, 1.165) is 59.7 Å². The zero-order chi connectivity index (χ0) is 26.9. The molecule has 2 unspecified atom stereocenters. The lowest BCUT2D eigenvalue weighted by Crippen LogP contribution is -2.42. The Bertz CT molecular complexity index is 1400. The van der Waals surface area contributed by atoms with Gasteiger partial charge in [-0.3, -0.25) is 10.1 Å². The molecule has 38 heavy (non-hydrogen) atoms. The molecular formula is C27H35N5O4S2. The summed E-state index contributed by atoms with van der Waals surface area (Å²) in [7, 11) is -2.97. The highest BCUT2D eigenvalue weighted by molar-refractivity contribution is 7.93. The van der Waals surface area contributed by atoms with E-state index in [-0.39, 0.29) is 23.0 Å². The molecule has 5 N–H and O–H groups in total. The fourth-order valence-electron chi connectivity index (χ4n) is 4.90. The Hall–Kier alpha value is -2.57. The van der Waals surface area contributed by atoms with Crippen molar-refractivity contribution in [1.82, 2.24) is 15.3 Å². The summed E-state index contributed by atoms with van der Waals surface area (Å²) >= 11 is 1.62. The predicted octanol–water partition coefficient (Wildman–Crippen LogP) is 5.13. The molecule has 0 bridgehead atoms. The van der Waals surface area contributed by atoms with Crippen LogP contribution < -0.4 is 16.2 Å². The van der Waals surface area contributed by atoms with Gasteiger partial charge in [-0.05, 0) is 70.6 Å². The molecule has 2 saturated carbocycles. The second kappa shape index (κ2) is 11.3. The molecule has 9 nitrogen and oxygen atoms in total. The van der Waals surface area contributed by atoms with Crippen molar-refractivity contribution in [3.05, 3.63) is 58.1 Å². The van der Waals surface area contributed by atoms with E-state index in [4.69, 9.17) is 14.5 Å². The smallest absolute Gasteiger partial charge is 0.248 e. The Balaban J connectivity index is 1.33. The van der Waals surface area contributed by atoms with E-state index in [9.17, 15) is 14.1 Å². The zero-order valence-electron chi connectivity index (χ0n) is 21.6. The van der Waals surface area contributed by atoms with Crippen LogP contribution in [0.3, 0.4) is 0 Å². The maximum Gasteiger partial charge on any atom is 0.248 e. The van der Waals surface area contributed by atoms with Gasteiger partial charge in [0.15, 0.2) is 0 Å². The molecule has 5 rings (SSSR count). The first-order valence-corrected chi connectivity index (χ1v) is 15.6. The molecule has 2 aliphatic rings. The minimum atomic E-state index is -2.97. The van der Waals surface area contributed by atoms with Crippen molar-refractivity contribution in [2.75, 3.05) is 5.32 Å². The van der Waals surface area contributed by atoms with E-state index in [0.29, 0.717) is 16.5 Å². The number of aliphatic hydroxyl groups excluding tert-OH is 1. The van der Waals surface area contributed by atoms with Crippen molar-refractivity contribution >= 4 is 32.4 Å². The Morgan fingerprint density at radius 3 is 2.53 bits per heavy atom. The molecule has 204 valence electrons. The highest BCUT2D eigenvalue weighted by Gasteiger charge is 2.36. The lowest BCUT2D eigenvalue weighted by atomic mass is 9.86. The average Bonchev–Trinajstić information content (AvgIpc) is 3.64. The number of ether oxygens (including phenoxy) is 1. The van der Waals surface area contributed by atoms with Crippen molar-refractivity contribution in [3.8, 4) is 10.4 Å². The Morgan fingerprint density at radius 2 is 1.87 bits per heavy atom. The molecular weight excluding hydrogens is 522 g/mol. The van der Waals surface area contributed by atoms with Gasteiger partial charge in [0.1, 0.15) is 0 Å². The van der Waals surface area contributed by atoms with Gasteiger partial charge >= 0.3 is 0 Å². The van der Waals surface area contributed by atoms with Crippen molar-refractivity contribution in [2.45, 2.75) is 87.0 Å². The fourth-order valence-corrected chi connectivity index (χ4v) is 8.05. The standard InChI is InChI=1S/C27H35N5O4S2/c1-16(2)36-27(34)32-18-5-3-17(4-6-18)26-30-15-23(37-26)22-11-7-19(31-20-8-12-25(33)29-14-20)13-24(22)38(28,35)21-9-10-21/h7-8,11-18,21,27-28,31-32,34H,3-6,9-10H2,1-2H3,(H,29,33)/t17-,18-,27?,38?. The molecule has 2 aliphatic carbocycles. The Morgan fingerprint density at radius 1 is 1.13 bits per heavy atom. The summed E-state index contributed by atoms with van der Waals surface area (Å²) in [6.07, 6.45) is 7.84. The zero-order valence-corrected chi connectivity index (χ0v) is 23.2. The maximum atomic E-state index is 13.6. The van der Waals surface area contributed by atoms with Crippen molar-refractivity contribution < 1.29 is 14.1 Å². The van der Waals surface area contributed by atoms with Crippen LogP contribution in [-0.2, 0) is 14.5 Å². The summed E-state index contributed by atoms with van der Waals surface area (Å²) in [5.41, 5.74) is 2.05. The quantitative estimate of drug-likeness (QED) is 0.218. The fraction of sp³-hybridized carbons (Fsp3) is 0.481. The number of nitrogens with zero attached hydrogens (tertiary/aromatic N) is 1. The molecule has 0 aliphatic heterocycles. The van der Waals surface area contributed by atoms with Gasteiger partial charge in [0.2, 0.25) is 12.0 Å². The van der Waals surface area contributed by atoms with Crippen LogP contribution in [0.25, 0.3) is 10.4 Å². The SMILES string of the molecule is CC(C)OC(O)N[C@H]1CC[C@H](c2ncc(-c3ccc(Nc4ccc(=O)[nH]c4)cc3S(=N)(=O)C3CC3)s2)CC1. The van der Waals surface area contributed by atoms with E-state index in [2.05, 4.69) is 15.6 Å². The summed E-state index contributed by atoms with van der Waals surface area (Å²) in [4.78, 5) is 20.2. The number of hydrogen-bond acceptors (Lipinski definition) is 9. The Labute approximate surface area is 227 Å². The average molecular weight is 558 g/mol. The highest BCUT2D eigenvalue weighted by atomic mass is 32.2. The molecule has 0 spiro atoms.